The number of ether oxygens (including phenoxy) is 1. The van der Waals surface area contributed by atoms with Crippen molar-refractivity contribution in [3.8, 4) is 0 Å². The van der Waals surface area contributed by atoms with Crippen LogP contribution in [-0.2, 0) is 4.74 Å². The molecule has 0 N–H and O–H groups in total. The fraction of sp³-hybridized carbons (Fsp3) is 0.400. The van der Waals surface area contributed by atoms with Crippen LogP contribution >= 0.6 is 0 Å². The van der Waals surface area contributed by atoms with Crippen LogP contribution in [0.5, 0.6) is 0 Å². The molecule has 0 radical (unpaired) electrons. The van der Waals surface area contributed by atoms with Gasteiger partial charge in [-0.3, -0.25) is 0 Å². The standard InChI is InChI=1S/C10H12N3O/c11-12-9-3-1-2-4-10(9)13-5-7-14-8-6-13/h1-4H,5-8H2/q+1. The smallest absolute Gasteiger partial charge is 0.378 e. The Bertz CT molecular complexity index is 353. The second-order valence-electron chi connectivity index (χ2n) is 3.19. The molecule has 1 fully saturated rings. The van der Waals surface area contributed by atoms with Crippen LogP contribution in [0, 0.1) is 5.39 Å². The van der Waals surface area contributed by atoms with Crippen LogP contribution in [0.2, 0.25) is 0 Å². The van der Waals surface area contributed by atoms with E-state index in [1.165, 1.54) is 0 Å². The fourth-order valence-corrected chi connectivity index (χ4v) is 1.62. The second-order valence-corrected chi connectivity index (χ2v) is 3.19. The Morgan fingerprint density at radius 3 is 2.64 bits per heavy atom. The van der Waals surface area contributed by atoms with Gasteiger partial charge in [-0.25, -0.2) is 0 Å². The molecule has 72 valence electrons. The predicted octanol–water partition coefficient (Wildman–Crippen LogP) is 2.01. The largest absolute Gasteiger partial charge is 0.408 e. The summed E-state index contributed by atoms with van der Waals surface area (Å²) in [5.41, 5.74) is 1.59. The molecular formula is C10H12N3O+. The normalized spacial score (nSPS) is 16.4. The summed E-state index contributed by atoms with van der Waals surface area (Å²) in [7, 11) is 0. The van der Waals surface area contributed by atoms with Gasteiger partial charge in [0.2, 0.25) is 5.39 Å². The van der Waals surface area contributed by atoms with Crippen molar-refractivity contribution in [3.05, 3.63) is 29.2 Å². The number of hydrogen-bond acceptors (Lipinski definition) is 3. The number of hydrogen-bond donors (Lipinski definition) is 0. The van der Waals surface area contributed by atoms with Crippen LogP contribution in [0.25, 0.3) is 4.98 Å². The van der Waals surface area contributed by atoms with Gasteiger partial charge in [-0.1, -0.05) is 12.1 Å². The summed E-state index contributed by atoms with van der Waals surface area (Å²) in [6.45, 7) is 3.18. The Labute approximate surface area is 82.7 Å². The highest BCUT2D eigenvalue weighted by atomic mass is 16.5. The number of benzene rings is 1. The number of rotatable bonds is 1. The monoisotopic (exact) mass is 190 g/mol. The van der Waals surface area contributed by atoms with Gasteiger partial charge >= 0.3 is 5.69 Å². The molecule has 0 bridgehead atoms. The zero-order valence-electron chi connectivity index (χ0n) is 7.89. The molecule has 0 aliphatic carbocycles. The summed E-state index contributed by atoms with van der Waals surface area (Å²) in [6, 6.07) is 7.56. The molecule has 1 aromatic carbocycles. The predicted molar refractivity (Wildman–Crippen MR) is 54.2 cm³/mol. The molecule has 0 aromatic heterocycles. The van der Waals surface area contributed by atoms with Crippen molar-refractivity contribution >= 4 is 11.4 Å². The Hall–Kier alpha value is -1.60. The minimum Gasteiger partial charge on any atom is -0.378 e. The van der Waals surface area contributed by atoms with E-state index in [1.54, 1.807) is 6.07 Å². The molecule has 4 heteroatoms. The van der Waals surface area contributed by atoms with Crippen LogP contribution in [-0.4, -0.2) is 26.3 Å². The first-order chi connectivity index (χ1) is 6.92. The van der Waals surface area contributed by atoms with Crippen molar-refractivity contribution in [2.45, 2.75) is 0 Å². The fourth-order valence-electron chi connectivity index (χ4n) is 1.62. The van der Waals surface area contributed by atoms with Gasteiger partial charge in [0.1, 0.15) is 5.69 Å². The summed E-state index contributed by atoms with van der Waals surface area (Å²) in [5.74, 6) is 0. The van der Waals surface area contributed by atoms with Gasteiger partial charge in [0.25, 0.3) is 0 Å². The van der Waals surface area contributed by atoms with Crippen molar-refractivity contribution in [3.63, 3.8) is 0 Å². The van der Waals surface area contributed by atoms with Gasteiger partial charge < -0.3 is 9.64 Å². The van der Waals surface area contributed by atoms with E-state index in [1.807, 2.05) is 18.2 Å². The van der Waals surface area contributed by atoms with E-state index in [0.29, 0.717) is 5.69 Å². The number of para-hydroxylation sites is 1. The van der Waals surface area contributed by atoms with Crippen LogP contribution in [0.1, 0.15) is 0 Å². The lowest BCUT2D eigenvalue weighted by atomic mass is 10.2. The summed E-state index contributed by atoms with van der Waals surface area (Å²) in [6.07, 6.45) is 0. The Kier molecular flexibility index (Phi) is 2.61. The topological polar surface area (TPSA) is 40.6 Å². The van der Waals surface area contributed by atoms with Crippen LogP contribution in [0.15, 0.2) is 24.3 Å². The van der Waals surface area contributed by atoms with Gasteiger partial charge in [-0.05, 0) is 6.07 Å². The highest BCUT2D eigenvalue weighted by Gasteiger charge is 2.20. The number of morpholine rings is 1. The first-order valence-corrected chi connectivity index (χ1v) is 4.68. The third-order valence-corrected chi connectivity index (χ3v) is 2.34. The molecule has 0 atom stereocenters. The van der Waals surface area contributed by atoms with E-state index in [2.05, 4.69) is 9.88 Å². The van der Waals surface area contributed by atoms with Crippen molar-refractivity contribution in [1.29, 1.82) is 5.39 Å². The third-order valence-electron chi connectivity index (χ3n) is 2.34. The quantitative estimate of drug-likeness (QED) is 0.636. The Balaban J connectivity index is 2.26. The van der Waals surface area contributed by atoms with E-state index in [9.17, 15) is 0 Å². The highest BCUT2D eigenvalue weighted by Crippen LogP contribution is 2.28. The SMILES string of the molecule is N#[N+]c1ccccc1N1CCOCC1. The summed E-state index contributed by atoms with van der Waals surface area (Å²) >= 11 is 0. The second kappa shape index (κ2) is 4.07. The van der Waals surface area contributed by atoms with Crippen LogP contribution in [0.3, 0.4) is 0 Å². The van der Waals surface area contributed by atoms with Crippen molar-refractivity contribution < 1.29 is 4.74 Å². The van der Waals surface area contributed by atoms with Gasteiger partial charge in [0.05, 0.1) is 13.2 Å². The van der Waals surface area contributed by atoms with Crippen LogP contribution < -0.4 is 4.90 Å². The Morgan fingerprint density at radius 1 is 1.21 bits per heavy atom. The molecule has 0 spiro atoms. The van der Waals surface area contributed by atoms with Gasteiger partial charge in [-0.15, -0.1) is 0 Å². The van der Waals surface area contributed by atoms with E-state index in [4.69, 9.17) is 10.1 Å². The van der Waals surface area contributed by atoms with Crippen molar-refractivity contribution in [2.75, 3.05) is 31.2 Å². The van der Waals surface area contributed by atoms with Gasteiger partial charge in [0, 0.05) is 19.2 Å². The lowest BCUT2D eigenvalue weighted by Crippen LogP contribution is -2.36. The van der Waals surface area contributed by atoms with Gasteiger partial charge in [-0.2, -0.15) is 0 Å². The lowest BCUT2D eigenvalue weighted by molar-refractivity contribution is 0.123. The molecule has 4 nitrogen and oxygen atoms in total. The molecule has 1 saturated heterocycles. The zero-order valence-corrected chi connectivity index (χ0v) is 7.89. The minimum atomic E-state index is 0.620. The highest BCUT2D eigenvalue weighted by molar-refractivity contribution is 5.70. The minimum absolute atomic E-state index is 0.620. The Morgan fingerprint density at radius 2 is 1.93 bits per heavy atom. The van der Waals surface area contributed by atoms with Crippen molar-refractivity contribution in [1.82, 2.24) is 0 Å². The number of nitrogens with zero attached hydrogens (tertiary/aromatic N) is 3. The lowest BCUT2D eigenvalue weighted by Gasteiger charge is -2.27. The first-order valence-electron chi connectivity index (χ1n) is 4.68. The van der Waals surface area contributed by atoms with E-state index in [-0.39, 0.29) is 0 Å². The van der Waals surface area contributed by atoms with E-state index in [0.717, 1.165) is 32.0 Å². The first kappa shape index (κ1) is 8.97. The number of anilines is 1. The van der Waals surface area contributed by atoms with Crippen molar-refractivity contribution in [2.24, 2.45) is 0 Å². The maximum atomic E-state index is 8.82. The maximum Gasteiger partial charge on any atom is 0.408 e. The van der Waals surface area contributed by atoms with E-state index < -0.39 is 0 Å². The molecule has 1 aromatic rings. The molecule has 0 saturated carbocycles. The molecule has 14 heavy (non-hydrogen) atoms. The van der Waals surface area contributed by atoms with E-state index >= 15 is 0 Å². The molecular weight excluding hydrogens is 178 g/mol. The number of diazo groups is 1. The summed E-state index contributed by atoms with van der Waals surface area (Å²) < 4.78 is 5.26. The zero-order chi connectivity index (χ0) is 9.80. The molecule has 1 heterocycles. The maximum absolute atomic E-state index is 8.82. The molecule has 1 aliphatic heterocycles. The molecule has 0 unspecified atom stereocenters. The molecule has 2 rings (SSSR count). The average molecular weight is 190 g/mol. The van der Waals surface area contributed by atoms with Gasteiger partial charge in [0.15, 0.2) is 4.98 Å². The average Bonchev–Trinajstić information content (AvgIpc) is 2.30. The molecule has 0 amide bonds. The van der Waals surface area contributed by atoms with Crippen LogP contribution in [0.4, 0.5) is 11.4 Å². The summed E-state index contributed by atoms with van der Waals surface area (Å²) in [5, 5.41) is 8.82. The molecule has 1 aliphatic rings. The third kappa shape index (κ3) is 1.68. The summed E-state index contributed by atoms with van der Waals surface area (Å²) in [4.78, 5) is 5.43.